The van der Waals surface area contributed by atoms with Crippen LogP contribution in [-0.2, 0) is 21.0 Å². The maximum atomic E-state index is 12.4. The second-order valence-corrected chi connectivity index (χ2v) is 7.36. The summed E-state index contributed by atoms with van der Waals surface area (Å²) in [5.74, 6) is -2.06. The number of benzene rings is 2. The summed E-state index contributed by atoms with van der Waals surface area (Å²) >= 11 is 0. The molecule has 3 heterocycles. The maximum Gasteiger partial charge on any atom is 0.274 e. The van der Waals surface area contributed by atoms with Crippen LogP contribution in [0.25, 0.3) is 0 Å². The topological polar surface area (TPSA) is 97.8 Å². The fraction of sp³-hybridized carbons (Fsp3) is 0.250. The van der Waals surface area contributed by atoms with Crippen LogP contribution in [0, 0.1) is 0 Å². The lowest BCUT2D eigenvalue weighted by molar-refractivity contribution is -0.346. The van der Waals surface area contributed by atoms with Gasteiger partial charge in [-0.15, -0.1) is 0 Å². The van der Waals surface area contributed by atoms with E-state index in [1.165, 1.54) is 12.1 Å². The predicted molar refractivity (Wildman–Crippen MR) is 87.3 cm³/mol. The van der Waals surface area contributed by atoms with Gasteiger partial charge in [-0.05, 0) is 30.4 Å². The summed E-state index contributed by atoms with van der Waals surface area (Å²) in [6.07, 6.45) is 0.914. The van der Waals surface area contributed by atoms with Crippen LogP contribution in [0.15, 0.2) is 42.5 Å². The number of ketones is 1. The molecular weight excluding hydrogens is 352 g/mol. The van der Waals surface area contributed by atoms with E-state index in [1.54, 1.807) is 30.3 Å². The van der Waals surface area contributed by atoms with Gasteiger partial charge in [0.1, 0.15) is 29.5 Å². The lowest BCUT2D eigenvalue weighted by atomic mass is 9.79. The first-order valence-corrected chi connectivity index (χ1v) is 8.69. The molecule has 0 amide bonds. The highest BCUT2D eigenvalue weighted by Gasteiger charge is 2.74. The number of carbonyl (C=O) groups excluding carboxylic acids is 1. The van der Waals surface area contributed by atoms with Crippen molar-refractivity contribution in [3.63, 3.8) is 0 Å². The van der Waals surface area contributed by atoms with Gasteiger partial charge in [-0.1, -0.05) is 12.1 Å². The van der Waals surface area contributed by atoms with Crippen LogP contribution in [0.4, 0.5) is 0 Å². The molecule has 7 rings (SSSR count). The largest absolute Gasteiger partial charge is 0.508 e. The smallest absolute Gasteiger partial charge is 0.274 e. The third kappa shape index (κ3) is 1.39. The first-order chi connectivity index (χ1) is 13.0. The molecule has 2 N–H and O–H groups in total. The molecule has 0 aromatic heterocycles. The van der Waals surface area contributed by atoms with Crippen molar-refractivity contribution in [2.45, 2.75) is 29.9 Å². The van der Waals surface area contributed by atoms with Gasteiger partial charge < -0.3 is 24.4 Å². The molecule has 134 valence electrons. The van der Waals surface area contributed by atoms with Crippen molar-refractivity contribution >= 4 is 5.78 Å². The van der Waals surface area contributed by atoms with Crippen LogP contribution < -0.4 is 9.47 Å². The van der Waals surface area contributed by atoms with Gasteiger partial charge in [0.15, 0.2) is 11.9 Å². The monoisotopic (exact) mass is 364 g/mol. The van der Waals surface area contributed by atoms with E-state index in [9.17, 15) is 15.0 Å². The van der Waals surface area contributed by atoms with Gasteiger partial charge in [-0.3, -0.25) is 9.53 Å². The molecule has 27 heavy (non-hydrogen) atoms. The molecule has 5 atom stereocenters. The Labute approximate surface area is 152 Å². The molecule has 2 spiro atoms. The quantitative estimate of drug-likeness (QED) is 0.688. The summed E-state index contributed by atoms with van der Waals surface area (Å²) in [5, 5.41) is 21.0. The fourth-order valence-corrected chi connectivity index (χ4v) is 4.83. The van der Waals surface area contributed by atoms with Gasteiger partial charge in [0.05, 0.1) is 11.1 Å². The second kappa shape index (κ2) is 4.01. The highest BCUT2D eigenvalue weighted by Crippen LogP contribution is 2.66. The Bertz CT molecular complexity index is 1120. The average molecular weight is 364 g/mol. The number of aliphatic hydroxyl groups is 1. The van der Waals surface area contributed by atoms with Gasteiger partial charge in [-0.2, -0.15) is 0 Å². The van der Waals surface area contributed by atoms with E-state index in [1.807, 2.05) is 0 Å². The fourth-order valence-electron chi connectivity index (χ4n) is 4.83. The molecule has 2 aromatic rings. The number of phenolic OH excluding ortho intramolecular Hbond substituents is 1. The van der Waals surface area contributed by atoms with Crippen LogP contribution in [0.3, 0.4) is 0 Å². The number of hydrogen-bond donors (Lipinski definition) is 2. The number of epoxide rings is 1. The summed E-state index contributed by atoms with van der Waals surface area (Å²) in [4.78, 5) is 12.4. The molecular formula is C20H12O7. The van der Waals surface area contributed by atoms with Crippen molar-refractivity contribution < 1.29 is 34.0 Å². The molecule has 5 aliphatic rings. The van der Waals surface area contributed by atoms with Crippen molar-refractivity contribution in [3.8, 4) is 17.2 Å². The van der Waals surface area contributed by atoms with Crippen molar-refractivity contribution in [2.75, 3.05) is 0 Å². The Morgan fingerprint density at radius 2 is 1.89 bits per heavy atom. The van der Waals surface area contributed by atoms with Crippen LogP contribution in [-0.4, -0.2) is 28.2 Å². The first-order valence-electron chi connectivity index (χ1n) is 8.69. The minimum absolute atomic E-state index is 0.0739. The standard InChI is InChI=1S/C20H12O7/c21-9-6-7-19-14-8(9)2-1-3-11(14)26-20(27-19)15-12(25-19)5-4-10(22)13(15)16(23)17-18(20)24-17/h1-7,16-18,22-23H. The summed E-state index contributed by atoms with van der Waals surface area (Å²) in [5.41, 5.74) is 1.69. The molecule has 0 saturated carbocycles. The normalized spacial score (nSPS) is 38.1. The van der Waals surface area contributed by atoms with Crippen molar-refractivity contribution in [1.29, 1.82) is 0 Å². The average Bonchev–Trinajstić information content (AvgIpc) is 3.46. The number of fused-ring (bicyclic) bond motifs is 1. The highest BCUT2D eigenvalue weighted by molar-refractivity contribution is 6.07. The zero-order chi connectivity index (χ0) is 18.1. The Morgan fingerprint density at radius 1 is 1.04 bits per heavy atom. The molecule has 2 bridgehead atoms. The Balaban J connectivity index is 1.60. The van der Waals surface area contributed by atoms with Crippen LogP contribution in [0.2, 0.25) is 0 Å². The lowest BCUT2D eigenvalue weighted by Crippen LogP contribution is -2.60. The number of allylic oxidation sites excluding steroid dienone is 1. The highest BCUT2D eigenvalue weighted by atomic mass is 16.8. The van der Waals surface area contributed by atoms with Gasteiger partial charge in [0.2, 0.25) is 0 Å². The van der Waals surface area contributed by atoms with Crippen LogP contribution in [0.1, 0.15) is 33.2 Å². The summed E-state index contributed by atoms with van der Waals surface area (Å²) in [6, 6.07) is 8.28. The third-order valence-electron chi connectivity index (χ3n) is 5.96. The lowest BCUT2D eigenvalue weighted by Gasteiger charge is -2.53. The zero-order valence-corrected chi connectivity index (χ0v) is 13.7. The van der Waals surface area contributed by atoms with Crippen LogP contribution >= 0.6 is 0 Å². The minimum Gasteiger partial charge on any atom is -0.508 e. The van der Waals surface area contributed by atoms with Gasteiger partial charge >= 0.3 is 0 Å². The molecule has 2 aliphatic carbocycles. The number of rotatable bonds is 0. The van der Waals surface area contributed by atoms with Crippen molar-refractivity contribution in [1.82, 2.24) is 0 Å². The summed E-state index contributed by atoms with van der Waals surface area (Å²) in [6.45, 7) is 0. The number of aliphatic hydroxyl groups excluding tert-OH is 1. The predicted octanol–water partition coefficient (Wildman–Crippen LogP) is 1.77. The van der Waals surface area contributed by atoms with Crippen LogP contribution in [0.5, 0.6) is 17.2 Å². The Morgan fingerprint density at radius 3 is 2.78 bits per heavy atom. The Kier molecular flexibility index (Phi) is 2.11. The zero-order valence-electron chi connectivity index (χ0n) is 13.7. The molecule has 1 fully saturated rings. The molecule has 3 aliphatic heterocycles. The van der Waals surface area contributed by atoms with Crippen molar-refractivity contribution in [3.05, 3.63) is 64.7 Å². The molecule has 0 radical (unpaired) electrons. The minimum atomic E-state index is -1.37. The number of ether oxygens (including phenoxy) is 4. The second-order valence-electron chi connectivity index (χ2n) is 7.36. The van der Waals surface area contributed by atoms with Gasteiger partial charge in [-0.25, -0.2) is 0 Å². The third-order valence-corrected chi connectivity index (χ3v) is 5.96. The van der Waals surface area contributed by atoms with Gasteiger partial charge in [0.25, 0.3) is 11.6 Å². The van der Waals surface area contributed by atoms with E-state index in [0.717, 1.165) is 0 Å². The van der Waals surface area contributed by atoms with Gasteiger partial charge in [0, 0.05) is 11.1 Å². The molecule has 7 nitrogen and oxygen atoms in total. The number of hydrogen-bond acceptors (Lipinski definition) is 7. The molecule has 5 unspecified atom stereocenters. The number of aromatic hydroxyl groups is 1. The van der Waals surface area contributed by atoms with Crippen molar-refractivity contribution in [2.24, 2.45) is 0 Å². The van der Waals surface area contributed by atoms with E-state index >= 15 is 0 Å². The van der Waals surface area contributed by atoms with E-state index in [0.29, 0.717) is 28.2 Å². The summed E-state index contributed by atoms with van der Waals surface area (Å²) in [7, 11) is 0. The molecule has 1 saturated heterocycles. The summed E-state index contributed by atoms with van der Waals surface area (Å²) < 4.78 is 24.6. The maximum absolute atomic E-state index is 12.4. The SMILES string of the molecule is O=C1C=CC23Oc4ccc(O)c5c4C(Oc4cccc1c42)(O3)C1OC1C5O. The number of phenols is 1. The van der Waals surface area contributed by atoms with E-state index in [2.05, 4.69) is 0 Å². The molecule has 2 aromatic carbocycles. The van der Waals surface area contributed by atoms with E-state index in [4.69, 9.17) is 18.9 Å². The van der Waals surface area contributed by atoms with E-state index < -0.39 is 29.9 Å². The Hall–Kier alpha value is -2.87. The number of carbonyl (C=O) groups is 1. The molecule has 7 heteroatoms. The first kappa shape index (κ1) is 14.2. The van der Waals surface area contributed by atoms with E-state index in [-0.39, 0.29) is 17.1 Å².